The molecule has 0 atom stereocenters. The summed E-state index contributed by atoms with van der Waals surface area (Å²) in [6, 6.07) is 14.1. The molecule has 2 rings (SSSR count). The Bertz CT molecular complexity index is 961. The Hall–Kier alpha value is -2.76. The fourth-order valence-electron chi connectivity index (χ4n) is 1.68. The van der Waals surface area contributed by atoms with Crippen LogP contribution in [0, 0.1) is 0 Å². The normalized spacial score (nSPS) is 10.5. The minimum Gasteiger partial charge on any atom is -0.426 e. The van der Waals surface area contributed by atoms with Crippen molar-refractivity contribution < 1.29 is 36.0 Å². The van der Waals surface area contributed by atoms with Crippen LogP contribution >= 0.6 is 0 Å². The van der Waals surface area contributed by atoms with E-state index in [4.69, 9.17) is 4.74 Å². The summed E-state index contributed by atoms with van der Waals surface area (Å²) in [5, 5.41) is 0. The molecule has 0 fully saturated rings. The number of para-hydroxylation sites is 1. The van der Waals surface area contributed by atoms with Gasteiger partial charge in [-0.15, -0.1) is 0 Å². The number of nitrogens with one attached hydrogen (secondary N) is 1. The molecule has 11 heteroatoms. The van der Waals surface area contributed by atoms with Crippen LogP contribution < -0.4 is 9.62 Å². The lowest BCUT2D eigenvalue weighted by Gasteiger charge is -2.06. The van der Waals surface area contributed by atoms with Gasteiger partial charge in [-0.05, 0) is 29.2 Å². The number of benzene rings is 2. The number of sulfone groups is 1. The second kappa shape index (κ2) is 10.4. The van der Waals surface area contributed by atoms with Crippen molar-refractivity contribution >= 4 is 32.7 Å². The van der Waals surface area contributed by atoms with E-state index in [-0.39, 0.29) is 11.3 Å². The summed E-state index contributed by atoms with van der Waals surface area (Å²) in [4.78, 5) is 28.3. The molecule has 0 saturated carbocycles. The Balaban J connectivity index is 0.000000309. The molecule has 2 aromatic rings. The van der Waals surface area contributed by atoms with Crippen LogP contribution in [0.3, 0.4) is 0 Å². The SMILES string of the molecule is CC(=O)Oc1ccccc1C(=O)ON[SH](=O)=O.CS(=O)(=O)c1ccccc1. The molecule has 0 aliphatic heterocycles. The number of rotatable bonds is 5. The van der Waals surface area contributed by atoms with Crippen LogP contribution in [0.5, 0.6) is 5.75 Å². The first-order valence-electron chi connectivity index (χ1n) is 7.25. The van der Waals surface area contributed by atoms with Gasteiger partial charge in [0.05, 0.1) is 4.90 Å². The highest BCUT2D eigenvalue weighted by Gasteiger charge is 2.15. The van der Waals surface area contributed by atoms with E-state index in [1.807, 2.05) is 0 Å². The topological polar surface area (TPSA) is 133 Å². The van der Waals surface area contributed by atoms with Crippen molar-refractivity contribution in [2.75, 3.05) is 6.26 Å². The van der Waals surface area contributed by atoms with Crippen LogP contribution in [0.25, 0.3) is 0 Å². The second-order valence-corrected chi connectivity index (χ2v) is 7.63. The van der Waals surface area contributed by atoms with E-state index >= 15 is 0 Å². The lowest BCUT2D eigenvalue weighted by Crippen LogP contribution is -2.19. The minimum atomic E-state index is -3.05. The van der Waals surface area contributed by atoms with E-state index in [2.05, 4.69) is 4.84 Å². The molecule has 0 saturated heterocycles. The molecule has 2 aromatic carbocycles. The van der Waals surface area contributed by atoms with E-state index in [9.17, 15) is 26.4 Å². The molecule has 0 radical (unpaired) electrons. The van der Waals surface area contributed by atoms with Gasteiger partial charge in [0, 0.05) is 13.2 Å². The molecule has 0 aliphatic rings. The van der Waals surface area contributed by atoms with E-state index in [0.717, 1.165) is 0 Å². The summed E-state index contributed by atoms with van der Waals surface area (Å²) in [7, 11) is -6.05. The largest absolute Gasteiger partial charge is 0.426 e. The summed E-state index contributed by atoms with van der Waals surface area (Å²) in [6.45, 7) is 1.18. The molecule has 9 nitrogen and oxygen atoms in total. The summed E-state index contributed by atoms with van der Waals surface area (Å²) in [6.07, 6.45) is 1.20. The van der Waals surface area contributed by atoms with Crippen molar-refractivity contribution in [1.82, 2.24) is 4.89 Å². The van der Waals surface area contributed by atoms with E-state index in [1.165, 1.54) is 36.3 Å². The number of ether oxygens (including phenoxy) is 1. The minimum absolute atomic E-state index is 0.00655. The smallest absolute Gasteiger partial charge is 0.361 e. The maximum absolute atomic E-state index is 11.4. The molecule has 0 amide bonds. The van der Waals surface area contributed by atoms with Crippen molar-refractivity contribution in [3.8, 4) is 5.75 Å². The lowest BCUT2D eigenvalue weighted by atomic mass is 10.2. The molecule has 0 spiro atoms. The monoisotopic (exact) mass is 415 g/mol. The third-order valence-electron chi connectivity index (χ3n) is 2.74. The first kappa shape index (κ1) is 22.3. The average Bonchev–Trinajstić information content (AvgIpc) is 2.60. The van der Waals surface area contributed by atoms with Gasteiger partial charge in [0.1, 0.15) is 11.3 Å². The molecular weight excluding hydrogens is 398 g/mol. The van der Waals surface area contributed by atoms with Gasteiger partial charge in [-0.2, -0.15) is 0 Å². The third kappa shape index (κ3) is 8.44. The molecule has 1 N–H and O–H groups in total. The lowest BCUT2D eigenvalue weighted by molar-refractivity contribution is -0.131. The Morgan fingerprint density at radius 1 is 0.963 bits per heavy atom. The Kier molecular flexibility index (Phi) is 8.59. The Morgan fingerprint density at radius 3 is 2.00 bits per heavy atom. The van der Waals surface area contributed by atoms with Crippen molar-refractivity contribution in [3.05, 3.63) is 60.2 Å². The molecule has 0 unspecified atom stereocenters. The number of hydrogen-bond acceptors (Lipinski definition) is 8. The molecule has 27 heavy (non-hydrogen) atoms. The van der Waals surface area contributed by atoms with Gasteiger partial charge in [-0.3, -0.25) is 4.79 Å². The number of carbonyl (C=O) groups is 2. The summed E-state index contributed by atoms with van der Waals surface area (Å²) >= 11 is 0. The molecule has 0 aliphatic carbocycles. The van der Waals surface area contributed by atoms with E-state index < -0.39 is 32.7 Å². The van der Waals surface area contributed by atoms with Gasteiger partial charge < -0.3 is 9.57 Å². The molecule has 146 valence electrons. The summed E-state index contributed by atoms with van der Waals surface area (Å²) in [5.74, 6) is -1.58. The first-order chi connectivity index (χ1) is 12.6. The predicted molar refractivity (Wildman–Crippen MR) is 96.2 cm³/mol. The maximum Gasteiger partial charge on any atom is 0.361 e. The zero-order valence-electron chi connectivity index (χ0n) is 14.3. The van der Waals surface area contributed by atoms with Crippen LogP contribution in [-0.2, 0) is 30.4 Å². The van der Waals surface area contributed by atoms with Gasteiger partial charge >= 0.3 is 11.9 Å². The van der Waals surface area contributed by atoms with Crippen LogP contribution in [0.15, 0.2) is 59.5 Å². The Morgan fingerprint density at radius 2 is 1.52 bits per heavy atom. The van der Waals surface area contributed by atoms with Crippen LogP contribution in [0.1, 0.15) is 17.3 Å². The quantitative estimate of drug-likeness (QED) is 0.318. The van der Waals surface area contributed by atoms with Crippen LogP contribution in [0.4, 0.5) is 0 Å². The third-order valence-corrected chi connectivity index (χ3v) is 4.11. The first-order valence-corrected chi connectivity index (χ1v) is 10.3. The molecular formula is C16H17NO8S2. The predicted octanol–water partition coefficient (Wildman–Crippen LogP) is 0.890. The van der Waals surface area contributed by atoms with Crippen LogP contribution in [-0.4, -0.2) is 35.0 Å². The fraction of sp³-hybridized carbons (Fsp3) is 0.125. The highest BCUT2D eigenvalue weighted by atomic mass is 32.2. The molecule has 0 bridgehead atoms. The van der Waals surface area contributed by atoms with Crippen molar-refractivity contribution in [2.24, 2.45) is 0 Å². The van der Waals surface area contributed by atoms with Gasteiger partial charge in [0.25, 0.3) is 0 Å². The van der Waals surface area contributed by atoms with E-state index in [1.54, 1.807) is 36.4 Å². The summed E-state index contributed by atoms with van der Waals surface area (Å²) in [5.41, 5.74) is -0.0629. The van der Waals surface area contributed by atoms with Crippen molar-refractivity contribution in [1.29, 1.82) is 0 Å². The highest BCUT2D eigenvalue weighted by molar-refractivity contribution is 7.90. The van der Waals surface area contributed by atoms with Gasteiger partial charge in [-0.25, -0.2) is 21.6 Å². The van der Waals surface area contributed by atoms with Gasteiger partial charge in [0.15, 0.2) is 9.84 Å². The zero-order valence-corrected chi connectivity index (χ0v) is 16.0. The maximum atomic E-state index is 11.4. The second-order valence-electron chi connectivity index (χ2n) is 4.91. The molecule has 0 heterocycles. The van der Waals surface area contributed by atoms with Gasteiger partial charge in [-0.1, -0.05) is 30.3 Å². The van der Waals surface area contributed by atoms with Crippen molar-refractivity contribution in [3.63, 3.8) is 0 Å². The number of carbonyl (C=O) groups excluding carboxylic acids is 2. The number of hydrogen-bond donors (Lipinski definition) is 2. The van der Waals surface area contributed by atoms with Crippen molar-refractivity contribution in [2.45, 2.75) is 11.8 Å². The van der Waals surface area contributed by atoms with E-state index in [0.29, 0.717) is 4.90 Å². The molecule has 0 aromatic heterocycles. The fourth-order valence-corrected chi connectivity index (χ4v) is 2.49. The van der Waals surface area contributed by atoms with Crippen LogP contribution in [0.2, 0.25) is 0 Å². The number of thiol groups is 1. The average molecular weight is 415 g/mol. The number of esters is 1. The summed E-state index contributed by atoms with van der Waals surface area (Å²) < 4.78 is 46.7. The standard InChI is InChI=1S/C9H9NO6S.C7H8O2S/c1-6(11)15-8-5-3-2-4-7(8)9(12)16-10-17(13)14;1-10(8,9)7-5-3-2-4-6-7/h2-5,17H,1H3,(H,10,13,14);2-6H,1H3. The van der Waals surface area contributed by atoms with Gasteiger partial charge in [0.2, 0.25) is 10.9 Å². The highest BCUT2D eigenvalue weighted by Crippen LogP contribution is 2.18. The Labute approximate surface area is 157 Å². The zero-order chi connectivity index (χ0) is 20.4.